The van der Waals surface area contributed by atoms with Crippen molar-refractivity contribution >= 4 is 10.8 Å². The number of fused-ring (bicyclic) bond motifs is 1. The molecule has 0 saturated heterocycles. The van der Waals surface area contributed by atoms with Gasteiger partial charge in [0.15, 0.2) is 0 Å². The summed E-state index contributed by atoms with van der Waals surface area (Å²) in [5, 5.41) is 2.59. The predicted molar refractivity (Wildman–Crippen MR) is 92.4 cm³/mol. The molecule has 0 aliphatic carbocycles. The standard InChI is InChI=1S/C19H28N2/c1-4-15(3)14-21(5-2)19(13-20)18-11-10-16-8-6-7-9-17(16)12-18/h6-12,15,19H,4-5,13-14,20H2,1-3H3. The second-order valence-electron chi connectivity index (χ2n) is 5.96. The molecular formula is C19H28N2. The third kappa shape index (κ3) is 3.84. The van der Waals surface area contributed by atoms with E-state index in [4.69, 9.17) is 5.73 Å². The van der Waals surface area contributed by atoms with Gasteiger partial charge >= 0.3 is 0 Å². The number of hydrogen-bond acceptors (Lipinski definition) is 2. The van der Waals surface area contributed by atoms with E-state index in [1.807, 2.05) is 0 Å². The van der Waals surface area contributed by atoms with E-state index in [2.05, 4.69) is 68.1 Å². The van der Waals surface area contributed by atoms with Crippen molar-refractivity contribution in [3.05, 3.63) is 48.0 Å². The van der Waals surface area contributed by atoms with Crippen LogP contribution < -0.4 is 5.73 Å². The maximum Gasteiger partial charge on any atom is 0.0470 e. The van der Waals surface area contributed by atoms with Gasteiger partial charge in [0.1, 0.15) is 0 Å². The van der Waals surface area contributed by atoms with Crippen molar-refractivity contribution in [3.63, 3.8) is 0 Å². The zero-order valence-corrected chi connectivity index (χ0v) is 13.5. The average Bonchev–Trinajstić information content (AvgIpc) is 2.54. The molecule has 21 heavy (non-hydrogen) atoms. The van der Waals surface area contributed by atoms with Crippen LogP contribution in [0.2, 0.25) is 0 Å². The Labute approximate surface area is 128 Å². The topological polar surface area (TPSA) is 29.3 Å². The van der Waals surface area contributed by atoms with Crippen LogP contribution in [-0.2, 0) is 0 Å². The number of nitrogens with two attached hydrogens (primary N) is 1. The van der Waals surface area contributed by atoms with E-state index in [9.17, 15) is 0 Å². The Morgan fingerprint density at radius 2 is 1.76 bits per heavy atom. The molecule has 2 N–H and O–H groups in total. The molecular weight excluding hydrogens is 256 g/mol. The van der Waals surface area contributed by atoms with E-state index in [-0.39, 0.29) is 0 Å². The monoisotopic (exact) mass is 284 g/mol. The van der Waals surface area contributed by atoms with E-state index in [1.54, 1.807) is 0 Å². The lowest BCUT2D eigenvalue weighted by Gasteiger charge is -2.32. The highest BCUT2D eigenvalue weighted by Gasteiger charge is 2.19. The lowest BCUT2D eigenvalue weighted by molar-refractivity contribution is 0.182. The lowest BCUT2D eigenvalue weighted by atomic mass is 9.99. The molecule has 0 spiro atoms. The zero-order chi connectivity index (χ0) is 15.2. The van der Waals surface area contributed by atoms with Gasteiger partial charge in [0, 0.05) is 19.1 Å². The molecule has 2 heteroatoms. The first kappa shape index (κ1) is 16.0. The zero-order valence-electron chi connectivity index (χ0n) is 13.5. The Morgan fingerprint density at radius 3 is 2.38 bits per heavy atom. The molecule has 2 aromatic carbocycles. The van der Waals surface area contributed by atoms with Gasteiger partial charge in [0.25, 0.3) is 0 Å². The van der Waals surface area contributed by atoms with Gasteiger partial charge in [-0.1, -0.05) is 63.6 Å². The molecule has 0 radical (unpaired) electrons. The van der Waals surface area contributed by atoms with Gasteiger partial charge in [0.2, 0.25) is 0 Å². The van der Waals surface area contributed by atoms with Crippen molar-refractivity contribution in [3.8, 4) is 0 Å². The van der Waals surface area contributed by atoms with Gasteiger partial charge in [0.05, 0.1) is 0 Å². The Hall–Kier alpha value is -1.38. The second kappa shape index (κ2) is 7.58. The smallest absolute Gasteiger partial charge is 0.0470 e. The van der Waals surface area contributed by atoms with Crippen LogP contribution >= 0.6 is 0 Å². The SMILES string of the molecule is CCC(C)CN(CC)C(CN)c1ccc2ccccc2c1. The largest absolute Gasteiger partial charge is 0.329 e. The average molecular weight is 284 g/mol. The Bertz CT molecular complexity index is 564. The van der Waals surface area contributed by atoms with Gasteiger partial charge in [-0.3, -0.25) is 4.90 Å². The molecule has 0 fully saturated rings. The first-order valence-corrected chi connectivity index (χ1v) is 8.12. The van der Waals surface area contributed by atoms with E-state index in [0.29, 0.717) is 18.5 Å². The fourth-order valence-corrected chi connectivity index (χ4v) is 2.92. The summed E-state index contributed by atoms with van der Waals surface area (Å²) in [5.41, 5.74) is 7.44. The third-order valence-electron chi connectivity index (χ3n) is 4.47. The predicted octanol–water partition coefficient (Wildman–Crippen LogP) is 4.21. The van der Waals surface area contributed by atoms with Crippen molar-refractivity contribution in [1.29, 1.82) is 0 Å². The molecule has 0 aliphatic heterocycles. The lowest BCUT2D eigenvalue weighted by Crippen LogP contribution is -2.36. The number of nitrogens with zero attached hydrogens (tertiary/aromatic N) is 1. The summed E-state index contributed by atoms with van der Waals surface area (Å²) in [6.07, 6.45) is 1.21. The normalized spacial score (nSPS) is 14.5. The van der Waals surface area contributed by atoms with Gasteiger partial charge < -0.3 is 5.73 Å². The molecule has 0 aromatic heterocycles. The van der Waals surface area contributed by atoms with Gasteiger partial charge in [-0.05, 0) is 34.9 Å². The van der Waals surface area contributed by atoms with Crippen LogP contribution in [0.4, 0.5) is 0 Å². The molecule has 2 rings (SSSR count). The number of hydrogen-bond donors (Lipinski definition) is 1. The van der Waals surface area contributed by atoms with Crippen LogP contribution in [0.5, 0.6) is 0 Å². The molecule has 0 saturated carbocycles. The minimum Gasteiger partial charge on any atom is -0.329 e. The molecule has 2 nitrogen and oxygen atoms in total. The highest BCUT2D eigenvalue weighted by molar-refractivity contribution is 5.83. The minimum atomic E-state index is 0.314. The molecule has 2 atom stereocenters. The van der Waals surface area contributed by atoms with Crippen molar-refractivity contribution in [2.75, 3.05) is 19.6 Å². The molecule has 2 unspecified atom stereocenters. The fraction of sp³-hybridized carbons (Fsp3) is 0.474. The van der Waals surface area contributed by atoms with Crippen LogP contribution in [0.3, 0.4) is 0 Å². The summed E-state index contributed by atoms with van der Waals surface area (Å²) in [6, 6.07) is 15.6. The van der Waals surface area contributed by atoms with Crippen molar-refractivity contribution in [1.82, 2.24) is 4.90 Å². The summed E-state index contributed by atoms with van der Waals surface area (Å²) >= 11 is 0. The number of likely N-dealkylation sites (N-methyl/N-ethyl adjacent to an activating group) is 1. The van der Waals surface area contributed by atoms with Gasteiger partial charge in [-0.15, -0.1) is 0 Å². The first-order chi connectivity index (χ1) is 10.2. The molecule has 0 aliphatic rings. The third-order valence-corrected chi connectivity index (χ3v) is 4.47. The van der Waals surface area contributed by atoms with E-state index >= 15 is 0 Å². The minimum absolute atomic E-state index is 0.314. The maximum atomic E-state index is 6.10. The molecule has 114 valence electrons. The molecule has 2 aromatic rings. The molecule has 0 bridgehead atoms. The van der Waals surface area contributed by atoms with Crippen molar-refractivity contribution in [2.45, 2.75) is 33.2 Å². The highest BCUT2D eigenvalue weighted by atomic mass is 15.2. The van der Waals surface area contributed by atoms with E-state index in [0.717, 1.165) is 13.1 Å². The summed E-state index contributed by atoms with van der Waals surface area (Å²) in [5.74, 6) is 0.708. The maximum absolute atomic E-state index is 6.10. The summed E-state index contributed by atoms with van der Waals surface area (Å²) < 4.78 is 0. The Balaban J connectivity index is 2.28. The first-order valence-electron chi connectivity index (χ1n) is 8.12. The van der Waals surface area contributed by atoms with Crippen molar-refractivity contribution in [2.24, 2.45) is 11.7 Å². The quantitative estimate of drug-likeness (QED) is 0.825. The summed E-state index contributed by atoms with van der Waals surface area (Å²) in [4.78, 5) is 2.51. The molecule has 0 heterocycles. The van der Waals surface area contributed by atoms with Crippen LogP contribution in [0.1, 0.15) is 38.8 Å². The van der Waals surface area contributed by atoms with E-state index < -0.39 is 0 Å². The Kier molecular flexibility index (Phi) is 5.77. The summed E-state index contributed by atoms with van der Waals surface area (Å²) in [6.45, 7) is 9.62. The van der Waals surface area contributed by atoms with Gasteiger partial charge in [-0.2, -0.15) is 0 Å². The molecule has 0 amide bonds. The van der Waals surface area contributed by atoms with Crippen LogP contribution in [-0.4, -0.2) is 24.5 Å². The number of rotatable bonds is 7. The van der Waals surface area contributed by atoms with Crippen LogP contribution in [0, 0.1) is 5.92 Å². The van der Waals surface area contributed by atoms with Gasteiger partial charge in [-0.25, -0.2) is 0 Å². The highest BCUT2D eigenvalue weighted by Crippen LogP contribution is 2.25. The fourth-order valence-electron chi connectivity index (χ4n) is 2.92. The number of benzene rings is 2. The second-order valence-corrected chi connectivity index (χ2v) is 5.96. The van der Waals surface area contributed by atoms with Crippen LogP contribution in [0.25, 0.3) is 10.8 Å². The van der Waals surface area contributed by atoms with Crippen LogP contribution in [0.15, 0.2) is 42.5 Å². The summed E-state index contributed by atoms with van der Waals surface area (Å²) in [7, 11) is 0. The Morgan fingerprint density at radius 1 is 1.05 bits per heavy atom. The van der Waals surface area contributed by atoms with E-state index in [1.165, 1.54) is 22.8 Å². The van der Waals surface area contributed by atoms with Crippen molar-refractivity contribution < 1.29 is 0 Å².